The van der Waals surface area contributed by atoms with Crippen molar-refractivity contribution in [2.24, 2.45) is 5.10 Å². The van der Waals surface area contributed by atoms with Crippen LogP contribution in [0.4, 0.5) is 0 Å². The predicted octanol–water partition coefficient (Wildman–Crippen LogP) is 4.13. The van der Waals surface area contributed by atoms with E-state index in [1.165, 1.54) is 18.0 Å². The zero-order chi connectivity index (χ0) is 21.6. The second-order valence-corrected chi connectivity index (χ2v) is 7.76. The van der Waals surface area contributed by atoms with Crippen LogP contribution in [0.15, 0.2) is 75.6 Å². The van der Waals surface area contributed by atoms with Gasteiger partial charge in [0, 0.05) is 28.7 Å². The van der Waals surface area contributed by atoms with Crippen molar-refractivity contribution in [3.8, 4) is 17.1 Å². The molecule has 0 spiro atoms. The van der Waals surface area contributed by atoms with Crippen LogP contribution in [-0.2, 0) is 4.79 Å². The lowest BCUT2D eigenvalue weighted by molar-refractivity contribution is -0.118. The number of nitrogens with zero attached hydrogens (tertiary/aromatic N) is 5. The lowest BCUT2D eigenvalue weighted by atomic mass is 10.2. The first-order chi connectivity index (χ1) is 15.1. The summed E-state index contributed by atoms with van der Waals surface area (Å²) < 4.78 is 7.24. The molecule has 1 amide bonds. The molecule has 0 saturated heterocycles. The van der Waals surface area contributed by atoms with Crippen molar-refractivity contribution in [3.05, 3.63) is 77.5 Å². The molecule has 0 aliphatic heterocycles. The molecule has 0 fully saturated rings. The minimum Gasteiger partial charge on any atom is -0.460 e. The van der Waals surface area contributed by atoms with Gasteiger partial charge in [0.25, 0.3) is 5.91 Å². The zero-order valence-electron chi connectivity index (χ0n) is 16.4. The van der Waals surface area contributed by atoms with Crippen molar-refractivity contribution in [1.29, 1.82) is 0 Å². The first-order valence-electron chi connectivity index (χ1n) is 9.23. The SMILES string of the molecule is Cc1ccc(/C=N/NC(=O)CSc2nnc(-c3ccncc3)n2-c2ccc(Cl)cc2)o1. The minimum absolute atomic E-state index is 0.108. The van der Waals surface area contributed by atoms with Crippen molar-refractivity contribution < 1.29 is 9.21 Å². The topological polar surface area (TPSA) is 98.2 Å². The van der Waals surface area contributed by atoms with Gasteiger partial charge in [0.15, 0.2) is 11.0 Å². The predicted molar refractivity (Wildman–Crippen MR) is 120 cm³/mol. The smallest absolute Gasteiger partial charge is 0.250 e. The Bertz CT molecular complexity index is 1200. The molecule has 1 N–H and O–H groups in total. The fourth-order valence-electron chi connectivity index (χ4n) is 2.73. The Morgan fingerprint density at radius 1 is 1.16 bits per heavy atom. The Morgan fingerprint density at radius 2 is 1.94 bits per heavy atom. The van der Waals surface area contributed by atoms with Gasteiger partial charge < -0.3 is 4.42 Å². The van der Waals surface area contributed by atoms with Crippen molar-refractivity contribution in [1.82, 2.24) is 25.2 Å². The van der Waals surface area contributed by atoms with Gasteiger partial charge in [-0.25, -0.2) is 5.43 Å². The maximum absolute atomic E-state index is 12.2. The summed E-state index contributed by atoms with van der Waals surface area (Å²) in [6.45, 7) is 1.84. The number of hydrogen-bond donors (Lipinski definition) is 1. The van der Waals surface area contributed by atoms with Crippen LogP contribution in [0.5, 0.6) is 0 Å². The van der Waals surface area contributed by atoms with Crippen LogP contribution in [0, 0.1) is 6.92 Å². The molecule has 0 bridgehead atoms. The van der Waals surface area contributed by atoms with Crippen LogP contribution in [-0.4, -0.2) is 37.6 Å². The van der Waals surface area contributed by atoms with Crippen LogP contribution in [0.1, 0.15) is 11.5 Å². The highest BCUT2D eigenvalue weighted by Gasteiger charge is 2.17. The van der Waals surface area contributed by atoms with E-state index in [0.29, 0.717) is 21.8 Å². The van der Waals surface area contributed by atoms with E-state index in [0.717, 1.165) is 17.0 Å². The van der Waals surface area contributed by atoms with E-state index in [1.807, 2.05) is 41.8 Å². The number of rotatable bonds is 7. The largest absolute Gasteiger partial charge is 0.460 e. The Hall–Kier alpha value is -3.43. The van der Waals surface area contributed by atoms with Crippen LogP contribution in [0.2, 0.25) is 5.02 Å². The van der Waals surface area contributed by atoms with Crippen LogP contribution < -0.4 is 5.43 Å². The second-order valence-electron chi connectivity index (χ2n) is 6.38. The normalized spacial score (nSPS) is 11.2. The van der Waals surface area contributed by atoms with E-state index in [-0.39, 0.29) is 11.7 Å². The number of halogens is 1. The van der Waals surface area contributed by atoms with Crippen molar-refractivity contribution in [2.75, 3.05) is 5.75 Å². The fraction of sp³-hybridized carbons (Fsp3) is 0.0952. The van der Waals surface area contributed by atoms with Gasteiger partial charge in [0.1, 0.15) is 11.5 Å². The number of benzene rings is 1. The second kappa shape index (κ2) is 9.59. The lowest BCUT2D eigenvalue weighted by Crippen LogP contribution is -2.19. The number of hydrogen-bond acceptors (Lipinski definition) is 7. The van der Waals surface area contributed by atoms with Gasteiger partial charge in [0.2, 0.25) is 0 Å². The zero-order valence-corrected chi connectivity index (χ0v) is 18.0. The molecule has 3 aromatic heterocycles. The molecule has 4 aromatic rings. The number of aryl methyl sites for hydroxylation is 1. The summed E-state index contributed by atoms with van der Waals surface area (Å²) in [6.07, 6.45) is 4.83. The maximum Gasteiger partial charge on any atom is 0.250 e. The highest BCUT2D eigenvalue weighted by atomic mass is 35.5. The van der Waals surface area contributed by atoms with E-state index in [9.17, 15) is 4.79 Å². The van der Waals surface area contributed by atoms with E-state index >= 15 is 0 Å². The molecule has 0 saturated carbocycles. The number of hydrazone groups is 1. The number of carbonyl (C=O) groups is 1. The molecule has 0 radical (unpaired) electrons. The van der Waals surface area contributed by atoms with E-state index < -0.39 is 0 Å². The monoisotopic (exact) mass is 452 g/mol. The minimum atomic E-state index is -0.277. The van der Waals surface area contributed by atoms with Crippen LogP contribution >= 0.6 is 23.4 Å². The van der Waals surface area contributed by atoms with Gasteiger partial charge in [-0.2, -0.15) is 5.10 Å². The van der Waals surface area contributed by atoms with Crippen molar-refractivity contribution in [2.45, 2.75) is 12.1 Å². The number of thioether (sulfide) groups is 1. The number of aromatic nitrogens is 4. The fourth-order valence-corrected chi connectivity index (χ4v) is 3.60. The van der Waals surface area contributed by atoms with Gasteiger partial charge in [0.05, 0.1) is 12.0 Å². The Kier molecular flexibility index (Phi) is 6.44. The molecule has 0 aliphatic rings. The standard InChI is InChI=1S/C21H17ClN6O2S/c1-14-2-7-18(30-14)12-24-25-19(29)13-31-21-27-26-20(15-8-10-23-11-9-15)28(21)17-5-3-16(22)4-6-17/h2-12H,13H2,1H3,(H,25,29)/b24-12+. The highest BCUT2D eigenvalue weighted by molar-refractivity contribution is 7.99. The number of pyridine rings is 1. The average Bonchev–Trinajstić information content (AvgIpc) is 3.39. The average molecular weight is 453 g/mol. The molecule has 10 heteroatoms. The summed E-state index contributed by atoms with van der Waals surface area (Å²) in [5.41, 5.74) is 4.17. The van der Waals surface area contributed by atoms with Gasteiger partial charge in [-0.05, 0) is 55.5 Å². The summed E-state index contributed by atoms with van der Waals surface area (Å²) in [6, 6.07) is 14.6. The van der Waals surface area contributed by atoms with Gasteiger partial charge >= 0.3 is 0 Å². The molecule has 31 heavy (non-hydrogen) atoms. The molecule has 0 unspecified atom stereocenters. The third kappa shape index (κ3) is 5.19. The molecular formula is C21H17ClN6O2S. The number of amides is 1. The first-order valence-corrected chi connectivity index (χ1v) is 10.6. The molecule has 0 aliphatic carbocycles. The summed E-state index contributed by atoms with van der Waals surface area (Å²) in [4.78, 5) is 16.3. The molecule has 4 rings (SSSR count). The molecule has 156 valence electrons. The summed E-state index contributed by atoms with van der Waals surface area (Å²) in [5.74, 6) is 1.81. The third-order valence-corrected chi connectivity index (χ3v) is 5.31. The van der Waals surface area contributed by atoms with Gasteiger partial charge in [-0.3, -0.25) is 14.3 Å². The molecule has 0 atom stereocenters. The maximum atomic E-state index is 12.2. The summed E-state index contributed by atoms with van der Waals surface area (Å²) in [7, 11) is 0. The number of nitrogens with one attached hydrogen (secondary N) is 1. The van der Waals surface area contributed by atoms with Crippen molar-refractivity contribution >= 4 is 35.5 Å². The Balaban J connectivity index is 1.51. The third-order valence-electron chi connectivity index (χ3n) is 4.13. The van der Waals surface area contributed by atoms with Crippen LogP contribution in [0.25, 0.3) is 17.1 Å². The van der Waals surface area contributed by atoms with E-state index in [1.54, 1.807) is 30.6 Å². The number of carbonyl (C=O) groups excluding carboxylic acids is 1. The van der Waals surface area contributed by atoms with Crippen LogP contribution in [0.3, 0.4) is 0 Å². The molecule has 8 nitrogen and oxygen atoms in total. The number of furan rings is 1. The quantitative estimate of drug-likeness (QED) is 0.257. The molecular weight excluding hydrogens is 436 g/mol. The summed E-state index contributed by atoms with van der Waals surface area (Å²) >= 11 is 7.29. The van der Waals surface area contributed by atoms with E-state index in [2.05, 4.69) is 25.7 Å². The van der Waals surface area contributed by atoms with Gasteiger partial charge in [-0.1, -0.05) is 23.4 Å². The lowest BCUT2D eigenvalue weighted by Gasteiger charge is -2.10. The Labute approximate surface area is 187 Å². The Morgan fingerprint density at radius 3 is 2.65 bits per heavy atom. The highest BCUT2D eigenvalue weighted by Crippen LogP contribution is 2.28. The van der Waals surface area contributed by atoms with E-state index in [4.69, 9.17) is 16.0 Å². The van der Waals surface area contributed by atoms with Gasteiger partial charge in [-0.15, -0.1) is 10.2 Å². The summed E-state index contributed by atoms with van der Waals surface area (Å²) in [5, 5.41) is 13.7. The first kappa shape index (κ1) is 20.8. The molecule has 1 aromatic carbocycles. The molecule has 3 heterocycles. The van der Waals surface area contributed by atoms with Crippen molar-refractivity contribution in [3.63, 3.8) is 0 Å².